The van der Waals surface area contributed by atoms with Crippen LogP contribution in [0.2, 0.25) is 0 Å². The third-order valence-electron chi connectivity index (χ3n) is 1.93. The molecule has 1 atom stereocenters. The molecule has 1 aliphatic heterocycles. The van der Waals surface area contributed by atoms with E-state index in [1.807, 2.05) is 11.8 Å². The van der Waals surface area contributed by atoms with Crippen LogP contribution in [0.4, 0.5) is 11.1 Å². The van der Waals surface area contributed by atoms with Gasteiger partial charge in [0.2, 0.25) is 11.1 Å². The van der Waals surface area contributed by atoms with Gasteiger partial charge in [-0.25, -0.2) is 0 Å². The highest BCUT2D eigenvalue weighted by molar-refractivity contribution is 7.99. The van der Waals surface area contributed by atoms with Gasteiger partial charge >= 0.3 is 0 Å². The minimum absolute atomic E-state index is 0.371. The standard InChI is InChI=1S/C7H12N4S2/c8-6-10-7(13-11-6)9-5-2-1-3-12-4-5/h5H,1-4H2,(H3,8,9,10,11). The molecule has 13 heavy (non-hydrogen) atoms. The minimum atomic E-state index is 0.371. The number of rotatable bonds is 2. The molecule has 1 unspecified atom stereocenters. The molecule has 1 saturated heterocycles. The third-order valence-corrected chi connectivity index (χ3v) is 3.81. The molecule has 2 heterocycles. The number of nitrogens with two attached hydrogens (primary N) is 1. The molecule has 0 bridgehead atoms. The summed E-state index contributed by atoms with van der Waals surface area (Å²) >= 11 is 3.33. The van der Waals surface area contributed by atoms with Crippen molar-refractivity contribution >= 4 is 34.4 Å². The molecule has 1 fully saturated rings. The predicted molar refractivity (Wildman–Crippen MR) is 58.3 cm³/mol. The number of hydrogen-bond acceptors (Lipinski definition) is 6. The molecule has 72 valence electrons. The topological polar surface area (TPSA) is 63.8 Å². The zero-order chi connectivity index (χ0) is 9.10. The van der Waals surface area contributed by atoms with E-state index in [0.29, 0.717) is 12.0 Å². The second-order valence-electron chi connectivity index (χ2n) is 3.02. The highest BCUT2D eigenvalue weighted by Crippen LogP contribution is 2.21. The van der Waals surface area contributed by atoms with Crippen LogP contribution in [0.5, 0.6) is 0 Å². The van der Waals surface area contributed by atoms with Gasteiger partial charge in [-0.1, -0.05) is 0 Å². The van der Waals surface area contributed by atoms with E-state index in [4.69, 9.17) is 5.73 Å². The van der Waals surface area contributed by atoms with Gasteiger partial charge < -0.3 is 11.1 Å². The zero-order valence-electron chi connectivity index (χ0n) is 7.19. The number of aromatic nitrogens is 2. The average Bonchev–Trinajstić information content (AvgIpc) is 2.53. The fourth-order valence-electron chi connectivity index (χ4n) is 1.32. The highest BCUT2D eigenvalue weighted by Gasteiger charge is 2.14. The Bertz CT molecular complexity index is 269. The second-order valence-corrected chi connectivity index (χ2v) is 4.92. The van der Waals surface area contributed by atoms with Gasteiger partial charge in [0, 0.05) is 23.3 Å². The first-order valence-electron chi connectivity index (χ1n) is 4.28. The third kappa shape index (κ3) is 2.47. The van der Waals surface area contributed by atoms with Gasteiger partial charge in [-0.15, -0.1) is 0 Å². The maximum absolute atomic E-state index is 5.43. The Balaban J connectivity index is 1.89. The molecule has 0 saturated carbocycles. The predicted octanol–water partition coefficient (Wildman–Crippen LogP) is 1.43. The Morgan fingerprint density at radius 1 is 1.54 bits per heavy atom. The van der Waals surface area contributed by atoms with Gasteiger partial charge in [-0.2, -0.15) is 21.1 Å². The van der Waals surface area contributed by atoms with Crippen molar-refractivity contribution in [2.75, 3.05) is 22.6 Å². The van der Waals surface area contributed by atoms with Crippen molar-refractivity contribution in [2.45, 2.75) is 18.9 Å². The van der Waals surface area contributed by atoms with E-state index in [1.165, 1.54) is 35.9 Å². The van der Waals surface area contributed by atoms with Crippen LogP contribution in [0.25, 0.3) is 0 Å². The van der Waals surface area contributed by atoms with E-state index in [-0.39, 0.29) is 0 Å². The molecule has 1 aromatic rings. The number of nitrogen functional groups attached to an aromatic ring is 1. The number of anilines is 2. The Morgan fingerprint density at radius 2 is 2.46 bits per heavy atom. The Hall–Kier alpha value is -0.490. The molecule has 1 aromatic heterocycles. The molecule has 0 amide bonds. The monoisotopic (exact) mass is 216 g/mol. The summed E-state index contributed by atoms with van der Waals surface area (Å²) in [4.78, 5) is 4.07. The van der Waals surface area contributed by atoms with E-state index in [2.05, 4.69) is 14.7 Å². The van der Waals surface area contributed by atoms with Crippen LogP contribution in [0, 0.1) is 0 Å². The number of nitrogens with one attached hydrogen (secondary N) is 1. The van der Waals surface area contributed by atoms with Crippen molar-refractivity contribution in [1.82, 2.24) is 9.36 Å². The van der Waals surface area contributed by atoms with E-state index >= 15 is 0 Å². The summed E-state index contributed by atoms with van der Waals surface area (Å²) in [6.07, 6.45) is 2.52. The molecule has 0 aliphatic carbocycles. The zero-order valence-corrected chi connectivity index (χ0v) is 8.83. The molecular weight excluding hydrogens is 204 g/mol. The largest absolute Gasteiger partial charge is 0.367 e. The first kappa shape index (κ1) is 9.08. The van der Waals surface area contributed by atoms with Crippen LogP contribution >= 0.6 is 23.3 Å². The van der Waals surface area contributed by atoms with Crippen molar-refractivity contribution in [3.63, 3.8) is 0 Å². The molecule has 4 nitrogen and oxygen atoms in total. The van der Waals surface area contributed by atoms with E-state index in [1.54, 1.807) is 0 Å². The van der Waals surface area contributed by atoms with Crippen molar-refractivity contribution in [3.8, 4) is 0 Å². The lowest BCUT2D eigenvalue weighted by Gasteiger charge is -2.21. The summed E-state index contributed by atoms with van der Waals surface area (Å²) in [5.74, 6) is 2.83. The highest BCUT2D eigenvalue weighted by atomic mass is 32.2. The molecule has 2 rings (SSSR count). The fraction of sp³-hybridized carbons (Fsp3) is 0.714. The summed E-state index contributed by atoms with van der Waals surface area (Å²) in [5.41, 5.74) is 5.43. The lowest BCUT2D eigenvalue weighted by molar-refractivity contribution is 0.684. The van der Waals surface area contributed by atoms with Gasteiger partial charge in [-0.3, -0.25) is 0 Å². The number of thioether (sulfide) groups is 1. The van der Waals surface area contributed by atoms with Crippen LogP contribution in [-0.2, 0) is 0 Å². The normalized spacial score (nSPS) is 22.9. The maximum atomic E-state index is 5.43. The second kappa shape index (κ2) is 4.15. The Labute approximate surface area is 85.5 Å². The summed E-state index contributed by atoms with van der Waals surface area (Å²) in [5, 5.41) is 4.20. The molecule has 6 heteroatoms. The molecule has 0 aromatic carbocycles. The summed E-state index contributed by atoms with van der Waals surface area (Å²) in [7, 11) is 0. The van der Waals surface area contributed by atoms with Crippen LogP contribution in [0.1, 0.15) is 12.8 Å². The van der Waals surface area contributed by atoms with Crippen LogP contribution in [-0.4, -0.2) is 26.9 Å². The number of nitrogens with zero attached hydrogens (tertiary/aromatic N) is 2. The lowest BCUT2D eigenvalue weighted by atomic mass is 10.2. The van der Waals surface area contributed by atoms with Gasteiger partial charge in [-0.05, 0) is 18.6 Å². The van der Waals surface area contributed by atoms with Crippen molar-refractivity contribution < 1.29 is 0 Å². The first-order valence-corrected chi connectivity index (χ1v) is 6.21. The van der Waals surface area contributed by atoms with Crippen molar-refractivity contribution in [1.29, 1.82) is 0 Å². The smallest absolute Gasteiger partial charge is 0.233 e. The average molecular weight is 216 g/mol. The Morgan fingerprint density at radius 3 is 3.08 bits per heavy atom. The van der Waals surface area contributed by atoms with Crippen molar-refractivity contribution in [2.24, 2.45) is 0 Å². The quantitative estimate of drug-likeness (QED) is 0.783. The molecule has 0 spiro atoms. The van der Waals surface area contributed by atoms with E-state index in [0.717, 1.165) is 5.13 Å². The van der Waals surface area contributed by atoms with Gasteiger partial charge in [0.05, 0.1) is 0 Å². The minimum Gasteiger partial charge on any atom is -0.367 e. The van der Waals surface area contributed by atoms with Gasteiger partial charge in [0.1, 0.15) is 0 Å². The van der Waals surface area contributed by atoms with Crippen LogP contribution < -0.4 is 11.1 Å². The van der Waals surface area contributed by atoms with Gasteiger partial charge in [0.25, 0.3) is 0 Å². The van der Waals surface area contributed by atoms with Gasteiger partial charge in [0.15, 0.2) is 0 Å². The molecule has 1 aliphatic rings. The lowest BCUT2D eigenvalue weighted by Crippen LogP contribution is -2.25. The number of hydrogen-bond donors (Lipinski definition) is 2. The van der Waals surface area contributed by atoms with E-state index in [9.17, 15) is 0 Å². The molecule has 3 N–H and O–H groups in total. The summed E-state index contributed by atoms with van der Waals surface area (Å²) in [6.45, 7) is 0. The Kier molecular flexibility index (Phi) is 2.90. The SMILES string of the molecule is Nc1nsc(NC2CCCSC2)n1. The molecular formula is C7H12N4S2. The maximum Gasteiger partial charge on any atom is 0.233 e. The van der Waals surface area contributed by atoms with E-state index < -0.39 is 0 Å². The summed E-state index contributed by atoms with van der Waals surface area (Å²) in [6, 6.07) is 0.547. The van der Waals surface area contributed by atoms with Crippen LogP contribution in [0.3, 0.4) is 0 Å². The molecule has 0 radical (unpaired) electrons. The summed E-state index contributed by atoms with van der Waals surface area (Å²) < 4.78 is 3.92. The van der Waals surface area contributed by atoms with Crippen LogP contribution in [0.15, 0.2) is 0 Å². The van der Waals surface area contributed by atoms with Crippen molar-refractivity contribution in [3.05, 3.63) is 0 Å². The first-order chi connectivity index (χ1) is 6.34. The fourth-order valence-corrected chi connectivity index (χ4v) is 2.97.